The van der Waals surface area contributed by atoms with Crippen molar-refractivity contribution in [3.63, 3.8) is 0 Å². The van der Waals surface area contributed by atoms with E-state index in [0.717, 1.165) is 34.6 Å². The van der Waals surface area contributed by atoms with E-state index in [1.165, 1.54) is 23.8 Å². The Balaban J connectivity index is 1.49. The quantitative estimate of drug-likeness (QED) is 0.235. The zero-order valence-corrected chi connectivity index (χ0v) is 19.0. The van der Waals surface area contributed by atoms with Gasteiger partial charge < -0.3 is 14.6 Å². The first-order valence-electron chi connectivity index (χ1n) is 11.1. The molecule has 0 aliphatic rings. The second-order valence-electron chi connectivity index (χ2n) is 7.87. The van der Waals surface area contributed by atoms with Crippen LogP contribution in [0.25, 0.3) is 6.08 Å². The average molecular weight is 451 g/mol. The lowest BCUT2D eigenvalue weighted by Crippen LogP contribution is -2.02. The van der Waals surface area contributed by atoms with E-state index in [9.17, 15) is 9.90 Å². The van der Waals surface area contributed by atoms with Crippen LogP contribution in [0, 0.1) is 0 Å². The number of ketones is 1. The van der Waals surface area contributed by atoms with Gasteiger partial charge in [-0.3, -0.25) is 4.79 Å². The summed E-state index contributed by atoms with van der Waals surface area (Å²) in [5, 5.41) is 9.40. The smallest absolute Gasteiger partial charge is 0.185 e. The fourth-order valence-corrected chi connectivity index (χ4v) is 3.67. The van der Waals surface area contributed by atoms with Crippen molar-refractivity contribution < 1.29 is 19.4 Å². The third-order valence-corrected chi connectivity index (χ3v) is 5.48. The van der Waals surface area contributed by atoms with Crippen molar-refractivity contribution in [3.05, 3.63) is 131 Å². The van der Waals surface area contributed by atoms with Gasteiger partial charge in [0, 0.05) is 17.5 Å². The van der Waals surface area contributed by atoms with Crippen LogP contribution >= 0.6 is 0 Å². The van der Waals surface area contributed by atoms with Crippen LogP contribution in [0.4, 0.5) is 0 Å². The first-order valence-corrected chi connectivity index (χ1v) is 11.1. The van der Waals surface area contributed by atoms with Crippen LogP contribution in [-0.4, -0.2) is 18.0 Å². The SMILES string of the molecule is COc1ccc(/C=C/C(=O)c2ccc(O)cc2)cc1COc1ccccc1Cc1ccccc1. The molecule has 0 heterocycles. The molecule has 0 aliphatic heterocycles. The van der Waals surface area contributed by atoms with Gasteiger partial charge in [-0.2, -0.15) is 0 Å². The maximum Gasteiger partial charge on any atom is 0.185 e. The molecule has 0 aromatic heterocycles. The summed E-state index contributed by atoms with van der Waals surface area (Å²) < 4.78 is 11.7. The highest BCUT2D eigenvalue weighted by Gasteiger charge is 2.09. The van der Waals surface area contributed by atoms with Crippen LogP contribution in [0.15, 0.2) is 103 Å². The van der Waals surface area contributed by atoms with Gasteiger partial charge in [0.05, 0.1) is 7.11 Å². The predicted octanol–water partition coefficient (Wildman–Crippen LogP) is 6.47. The van der Waals surface area contributed by atoms with Gasteiger partial charge in [0.15, 0.2) is 5.78 Å². The first-order chi connectivity index (χ1) is 16.6. The van der Waals surface area contributed by atoms with Crippen molar-refractivity contribution >= 4 is 11.9 Å². The topological polar surface area (TPSA) is 55.8 Å². The Morgan fingerprint density at radius 3 is 2.32 bits per heavy atom. The molecule has 0 amide bonds. The molecule has 0 saturated heterocycles. The van der Waals surface area contributed by atoms with Crippen molar-refractivity contribution in [2.24, 2.45) is 0 Å². The maximum atomic E-state index is 12.4. The minimum absolute atomic E-state index is 0.130. The molecule has 4 heteroatoms. The van der Waals surface area contributed by atoms with E-state index in [2.05, 4.69) is 18.2 Å². The number of methoxy groups -OCH3 is 1. The molecule has 4 aromatic carbocycles. The average Bonchev–Trinajstić information content (AvgIpc) is 2.88. The Labute approximate surface area is 199 Å². The van der Waals surface area contributed by atoms with E-state index in [1.807, 2.05) is 54.6 Å². The zero-order valence-electron chi connectivity index (χ0n) is 19.0. The molecule has 0 unspecified atom stereocenters. The van der Waals surface area contributed by atoms with Gasteiger partial charge in [0.1, 0.15) is 23.9 Å². The molecule has 0 fully saturated rings. The minimum Gasteiger partial charge on any atom is -0.508 e. The molecule has 1 N–H and O–H groups in total. The van der Waals surface area contributed by atoms with E-state index < -0.39 is 0 Å². The second kappa shape index (κ2) is 11.0. The Morgan fingerprint density at radius 1 is 0.824 bits per heavy atom. The first kappa shape index (κ1) is 22.9. The number of phenols is 1. The van der Waals surface area contributed by atoms with E-state index in [-0.39, 0.29) is 11.5 Å². The fourth-order valence-electron chi connectivity index (χ4n) is 3.67. The normalized spacial score (nSPS) is 10.9. The Bertz CT molecular complexity index is 1270. The van der Waals surface area contributed by atoms with Crippen LogP contribution in [0.1, 0.15) is 32.6 Å². The molecule has 4 aromatic rings. The van der Waals surface area contributed by atoms with Gasteiger partial charge in [-0.15, -0.1) is 0 Å². The Kier molecular flexibility index (Phi) is 7.41. The number of ether oxygens (including phenoxy) is 2. The molecule has 34 heavy (non-hydrogen) atoms. The van der Waals surface area contributed by atoms with Crippen molar-refractivity contribution in [2.45, 2.75) is 13.0 Å². The molecule has 0 radical (unpaired) electrons. The number of hydrogen-bond acceptors (Lipinski definition) is 4. The summed E-state index contributed by atoms with van der Waals surface area (Å²) in [4.78, 5) is 12.4. The van der Waals surface area contributed by atoms with E-state index in [4.69, 9.17) is 9.47 Å². The molecule has 0 bridgehead atoms. The third kappa shape index (κ3) is 5.93. The summed E-state index contributed by atoms with van der Waals surface area (Å²) in [6.45, 7) is 0.336. The summed E-state index contributed by atoms with van der Waals surface area (Å²) >= 11 is 0. The van der Waals surface area contributed by atoms with Gasteiger partial charge in [0.2, 0.25) is 0 Å². The molecule has 0 spiro atoms. The molecule has 0 aliphatic carbocycles. The lowest BCUT2D eigenvalue weighted by atomic mass is 10.0. The number of carbonyl (C=O) groups excluding carboxylic acids is 1. The van der Waals surface area contributed by atoms with Gasteiger partial charge in [-0.25, -0.2) is 0 Å². The zero-order chi connectivity index (χ0) is 23.8. The molecule has 0 atom stereocenters. The number of aromatic hydroxyl groups is 1. The molecular weight excluding hydrogens is 424 g/mol. The highest BCUT2D eigenvalue weighted by molar-refractivity contribution is 6.06. The van der Waals surface area contributed by atoms with Crippen molar-refractivity contribution in [2.75, 3.05) is 7.11 Å². The monoisotopic (exact) mass is 450 g/mol. The van der Waals surface area contributed by atoms with Crippen LogP contribution in [0.3, 0.4) is 0 Å². The van der Waals surface area contributed by atoms with Gasteiger partial charge in [0.25, 0.3) is 0 Å². The van der Waals surface area contributed by atoms with E-state index >= 15 is 0 Å². The number of rotatable bonds is 9. The number of hydrogen-bond donors (Lipinski definition) is 1. The number of phenolic OH excluding ortho intramolecular Hbond substituents is 1. The summed E-state index contributed by atoms with van der Waals surface area (Å²) in [7, 11) is 1.63. The van der Waals surface area contributed by atoms with Gasteiger partial charge in [-0.05, 0) is 65.2 Å². The maximum absolute atomic E-state index is 12.4. The van der Waals surface area contributed by atoms with Gasteiger partial charge >= 0.3 is 0 Å². The molecule has 0 saturated carbocycles. The fraction of sp³-hybridized carbons (Fsp3) is 0.100. The number of benzene rings is 4. The minimum atomic E-state index is -0.136. The van der Waals surface area contributed by atoms with Crippen LogP contribution < -0.4 is 9.47 Å². The van der Waals surface area contributed by atoms with Crippen molar-refractivity contribution in [1.29, 1.82) is 0 Å². The lowest BCUT2D eigenvalue weighted by Gasteiger charge is -2.14. The summed E-state index contributed by atoms with van der Waals surface area (Å²) in [6.07, 6.45) is 4.08. The predicted molar refractivity (Wildman–Crippen MR) is 134 cm³/mol. The number of allylic oxidation sites excluding steroid dienone is 1. The lowest BCUT2D eigenvalue weighted by molar-refractivity contribution is 0.104. The second-order valence-corrected chi connectivity index (χ2v) is 7.87. The van der Waals surface area contributed by atoms with E-state index in [1.54, 1.807) is 25.3 Å². The summed E-state index contributed by atoms with van der Waals surface area (Å²) in [5.41, 5.74) is 4.60. The standard InChI is InChI=1S/C30H26O4/c1-33-29-18-12-23(11-17-28(32)24-13-15-27(31)16-14-24)20-26(29)21-34-30-10-6-5-9-25(30)19-22-7-3-2-4-8-22/h2-18,20,31H,19,21H2,1H3/b17-11+. The summed E-state index contributed by atoms with van der Waals surface area (Å²) in [6, 6.07) is 30.3. The Hall–Kier alpha value is -4.31. The van der Waals surface area contributed by atoms with Crippen LogP contribution in [-0.2, 0) is 13.0 Å². The molecule has 4 nitrogen and oxygen atoms in total. The van der Waals surface area contributed by atoms with E-state index in [0.29, 0.717) is 12.2 Å². The number of carbonyl (C=O) groups is 1. The van der Waals surface area contributed by atoms with Crippen molar-refractivity contribution in [1.82, 2.24) is 0 Å². The number of para-hydroxylation sites is 1. The third-order valence-electron chi connectivity index (χ3n) is 5.48. The molecule has 170 valence electrons. The van der Waals surface area contributed by atoms with Crippen LogP contribution in [0.5, 0.6) is 17.2 Å². The highest BCUT2D eigenvalue weighted by Crippen LogP contribution is 2.26. The van der Waals surface area contributed by atoms with Crippen molar-refractivity contribution in [3.8, 4) is 17.2 Å². The molecule has 4 rings (SSSR count). The summed E-state index contributed by atoms with van der Waals surface area (Å²) in [5.74, 6) is 1.55. The largest absolute Gasteiger partial charge is 0.508 e. The molecular formula is C30H26O4. The van der Waals surface area contributed by atoms with Gasteiger partial charge in [-0.1, -0.05) is 60.7 Å². The highest BCUT2D eigenvalue weighted by atomic mass is 16.5. The Morgan fingerprint density at radius 2 is 1.56 bits per heavy atom. The van der Waals surface area contributed by atoms with Crippen LogP contribution in [0.2, 0.25) is 0 Å².